The lowest BCUT2D eigenvalue weighted by molar-refractivity contribution is -0.132. The molecule has 1 amide bonds. The lowest BCUT2D eigenvalue weighted by atomic mass is 10.0. The Morgan fingerprint density at radius 3 is 2.57 bits per heavy atom. The molecule has 1 aromatic carbocycles. The van der Waals surface area contributed by atoms with E-state index in [-0.39, 0.29) is 17.9 Å². The van der Waals surface area contributed by atoms with Crippen LogP contribution in [0.1, 0.15) is 18.5 Å². The number of hydrogen-bond donors (Lipinski definition) is 1. The summed E-state index contributed by atoms with van der Waals surface area (Å²) in [4.78, 5) is 28.5. The lowest BCUT2D eigenvalue weighted by Gasteiger charge is -2.35. The van der Waals surface area contributed by atoms with Crippen LogP contribution >= 0.6 is 0 Å². The fourth-order valence-electron chi connectivity index (χ4n) is 3.19. The van der Waals surface area contributed by atoms with Crippen LogP contribution in [0.25, 0.3) is 10.8 Å². The van der Waals surface area contributed by atoms with Crippen molar-refractivity contribution < 1.29 is 4.79 Å². The van der Waals surface area contributed by atoms with Gasteiger partial charge in [-0.15, -0.1) is 0 Å². The summed E-state index contributed by atoms with van der Waals surface area (Å²) in [6.45, 7) is 1.56. The van der Waals surface area contributed by atoms with Gasteiger partial charge in [0, 0.05) is 24.5 Å². The molecule has 23 heavy (non-hydrogen) atoms. The summed E-state index contributed by atoms with van der Waals surface area (Å²) in [6.07, 6.45) is 2.22. The number of carbonyl (C=O) groups is 1. The van der Waals surface area contributed by atoms with E-state index in [2.05, 4.69) is 29.2 Å². The molecule has 0 saturated carbocycles. The quantitative estimate of drug-likeness (QED) is 0.918. The smallest absolute Gasteiger partial charge is 0.272 e. The number of hydrogen-bond acceptors (Lipinski definition) is 4. The largest absolute Gasteiger partial charge is 0.342 e. The van der Waals surface area contributed by atoms with Crippen LogP contribution in [0.4, 0.5) is 0 Å². The standard InChI is InChI=1S/C17H22N4O2/c1-20(2)12-7-9-21(10-8-12)16(22)11-15-13-5-3-4-6-14(13)17(23)19-18-15/h3-6,12H,7-11H2,1-2H3,(H,19,23). The molecule has 0 atom stereocenters. The molecule has 6 heteroatoms. The second-order valence-electron chi connectivity index (χ2n) is 6.30. The summed E-state index contributed by atoms with van der Waals surface area (Å²) in [5, 5.41) is 7.92. The molecule has 6 nitrogen and oxygen atoms in total. The van der Waals surface area contributed by atoms with Crippen LogP contribution in [0, 0.1) is 0 Å². The highest BCUT2D eigenvalue weighted by atomic mass is 16.2. The third-order valence-corrected chi connectivity index (χ3v) is 4.64. The molecule has 0 unspecified atom stereocenters. The predicted molar refractivity (Wildman–Crippen MR) is 89.4 cm³/mol. The zero-order valence-corrected chi connectivity index (χ0v) is 13.6. The molecule has 2 heterocycles. The van der Waals surface area contributed by atoms with E-state index < -0.39 is 0 Å². The maximum absolute atomic E-state index is 12.6. The van der Waals surface area contributed by atoms with Crippen LogP contribution < -0.4 is 5.56 Å². The fourth-order valence-corrected chi connectivity index (χ4v) is 3.19. The molecule has 1 saturated heterocycles. The topological polar surface area (TPSA) is 69.3 Å². The zero-order chi connectivity index (χ0) is 16.4. The first-order valence-electron chi connectivity index (χ1n) is 7.97. The summed E-state index contributed by atoms with van der Waals surface area (Å²) in [7, 11) is 4.16. The highest BCUT2D eigenvalue weighted by Gasteiger charge is 2.24. The summed E-state index contributed by atoms with van der Waals surface area (Å²) >= 11 is 0. The monoisotopic (exact) mass is 314 g/mol. The summed E-state index contributed by atoms with van der Waals surface area (Å²) in [5.41, 5.74) is 0.420. The number of piperidine rings is 1. The van der Waals surface area contributed by atoms with Crippen LogP contribution in [0.15, 0.2) is 29.1 Å². The van der Waals surface area contributed by atoms with Gasteiger partial charge in [0.05, 0.1) is 17.5 Å². The maximum atomic E-state index is 12.6. The van der Waals surface area contributed by atoms with E-state index in [1.165, 1.54) is 0 Å². The Bertz CT molecular complexity index is 761. The molecule has 0 aliphatic carbocycles. The first-order chi connectivity index (χ1) is 11.1. The molecule has 2 aromatic rings. The van der Waals surface area contributed by atoms with Gasteiger partial charge in [-0.2, -0.15) is 5.10 Å². The number of benzene rings is 1. The van der Waals surface area contributed by atoms with E-state index in [1.54, 1.807) is 6.07 Å². The molecule has 1 aliphatic rings. The molecule has 1 N–H and O–H groups in total. The SMILES string of the molecule is CN(C)C1CCN(C(=O)Cc2n[nH]c(=O)c3ccccc23)CC1. The predicted octanol–water partition coefficient (Wildman–Crippen LogP) is 1.02. The molecule has 0 bridgehead atoms. The number of H-pyrrole nitrogens is 1. The summed E-state index contributed by atoms with van der Waals surface area (Å²) in [5.74, 6) is 0.0758. The van der Waals surface area contributed by atoms with Crippen molar-refractivity contribution in [3.05, 3.63) is 40.3 Å². The number of aromatic amines is 1. The van der Waals surface area contributed by atoms with Gasteiger partial charge in [0.15, 0.2) is 0 Å². The van der Waals surface area contributed by atoms with Crippen molar-refractivity contribution >= 4 is 16.7 Å². The van der Waals surface area contributed by atoms with Gasteiger partial charge < -0.3 is 9.80 Å². The van der Waals surface area contributed by atoms with Gasteiger partial charge >= 0.3 is 0 Å². The van der Waals surface area contributed by atoms with Gasteiger partial charge in [-0.25, -0.2) is 5.10 Å². The van der Waals surface area contributed by atoms with E-state index in [4.69, 9.17) is 0 Å². The summed E-state index contributed by atoms with van der Waals surface area (Å²) in [6, 6.07) is 7.83. The Morgan fingerprint density at radius 2 is 1.91 bits per heavy atom. The van der Waals surface area contributed by atoms with Gasteiger partial charge in [0.2, 0.25) is 5.91 Å². The van der Waals surface area contributed by atoms with E-state index >= 15 is 0 Å². The molecule has 122 valence electrons. The number of fused-ring (bicyclic) bond motifs is 1. The van der Waals surface area contributed by atoms with E-state index in [0.717, 1.165) is 31.3 Å². The van der Waals surface area contributed by atoms with Crippen molar-refractivity contribution in [2.24, 2.45) is 0 Å². The molecule has 1 aliphatic heterocycles. The highest BCUT2D eigenvalue weighted by molar-refractivity contribution is 5.88. The van der Waals surface area contributed by atoms with Crippen molar-refractivity contribution in [1.82, 2.24) is 20.0 Å². The second kappa shape index (κ2) is 6.50. The first-order valence-corrected chi connectivity index (χ1v) is 7.97. The Labute approximate surface area is 135 Å². The van der Waals surface area contributed by atoms with Crippen molar-refractivity contribution in [1.29, 1.82) is 0 Å². The number of likely N-dealkylation sites (tertiary alicyclic amines) is 1. The van der Waals surface area contributed by atoms with Crippen molar-refractivity contribution in [2.75, 3.05) is 27.2 Å². The van der Waals surface area contributed by atoms with Gasteiger partial charge in [-0.1, -0.05) is 18.2 Å². The molecule has 1 aromatic heterocycles. The Hall–Kier alpha value is -2.21. The number of amides is 1. The van der Waals surface area contributed by atoms with Crippen LogP contribution in [0.2, 0.25) is 0 Å². The molecular weight excluding hydrogens is 292 g/mol. The third-order valence-electron chi connectivity index (χ3n) is 4.64. The van der Waals surface area contributed by atoms with Gasteiger partial charge in [0.25, 0.3) is 5.56 Å². The van der Waals surface area contributed by atoms with Crippen LogP contribution in [-0.2, 0) is 11.2 Å². The number of nitrogens with one attached hydrogen (secondary N) is 1. The third kappa shape index (κ3) is 3.27. The number of rotatable bonds is 3. The maximum Gasteiger partial charge on any atom is 0.272 e. The van der Waals surface area contributed by atoms with Gasteiger partial charge in [0.1, 0.15) is 0 Å². The van der Waals surface area contributed by atoms with Gasteiger partial charge in [-0.3, -0.25) is 9.59 Å². The Morgan fingerprint density at radius 1 is 1.26 bits per heavy atom. The highest BCUT2D eigenvalue weighted by Crippen LogP contribution is 2.17. The molecular formula is C17H22N4O2. The average molecular weight is 314 g/mol. The second-order valence-corrected chi connectivity index (χ2v) is 6.30. The van der Waals surface area contributed by atoms with Crippen molar-refractivity contribution in [3.63, 3.8) is 0 Å². The minimum Gasteiger partial charge on any atom is -0.342 e. The minimum absolute atomic E-state index is 0.0758. The average Bonchev–Trinajstić information content (AvgIpc) is 2.57. The van der Waals surface area contributed by atoms with E-state index in [0.29, 0.717) is 17.1 Å². The Kier molecular flexibility index (Phi) is 4.43. The molecule has 1 fully saturated rings. The Balaban J connectivity index is 1.74. The normalized spacial score (nSPS) is 16.2. The van der Waals surface area contributed by atoms with Gasteiger partial charge in [-0.05, 0) is 33.0 Å². The van der Waals surface area contributed by atoms with Crippen LogP contribution in [0.3, 0.4) is 0 Å². The van der Waals surface area contributed by atoms with Crippen molar-refractivity contribution in [3.8, 4) is 0 Å². The zero-order valence-electron chi connectivity index (χ0n) is 13.6. The number of aromatic nitrogens is 2. The van der Waals surface area contributed by atoms with E-state index in [9.17, 15) is 9.59 Å². The van der Waals surface area contributed by atoms with Crippen LogP contribution in [-0.4, -0.2) is 59.1 Å². The van der Waals surface area contributed by atoms with Crippen molar-refractivity contribution in [2.45, 2.75) is 25.3 Å². The minimum atomic E-state index is -0.219. The number of carbonyl (C=O) groups excluding carboxylic acids is 1. The lowest BCUT2D eigenvalue weighted by Crippen LogP contribution is -2.45. The molecule has 0 radical (unpaired) electrons. The fraction of sp³-hybridized carbons (Fsp3) is 0.471. The first kappa shape index (κ1) is 15.7. The molecule has 3 rings (SSSR count). The van der Waals surface area contributed by atoms with Crippen LogP contribution in [0.5, 0.6) is 0 Å². The summed E-state index contributed by atoms with van der Waals surface area (Å²) < 4.78 is 0. The number of nitrogens with zero attached hydrogens (tertiary/aromatic N) is 3. The van der Waals surface area contributed by atoms with E-state index in [1.807, 2.05) is 23.1 Å². The molecule has 0 spiro atoms.